The van der Waals surface area contributed by atoms with Crippen LogP contribution in [0.1, 0.15) is 43.4 Å². The molecule has 0 saturated heterocycles. The fourth-order valence-electron chi connectivity index (χ4n) is 1.61. The molecule has 0 aromatic heterocycles. The third-order valence-corrected chi connectivity index (χ3v) is 2.58. The lowest BCUT2D eigenvalue weighted by Gasteiger charge is -2.14. The summed E-state index contributed by atoms with van der Waals surface area (Å²) in [4.78, 5) is 0. The van der Waals surface area contributed by atoms with Crippen molar-refractivity contribution < 1.29 is 4.39 Å². The highest BCUT2D eigenvalue weighted by molar-refractivity contribution is 5.85. The zero-order valence-electron chi connectivity index (χ0n) is 9.29. The van der Waals surface area contributed by atoms with Gasteiger partial charge in [-0.05, 0) is 30.5 Å². The van der Waals surface area contributed by atoms with Gasteiger partial charge in [0.05, 0.1) is 0 Å². The lowest BCUT2D eigenvalue weighted by molar-refractivity contribution is 0.580. The molecule has 1 atom stereocenters. The Morgan fingerprint density at radius 1 is 1.40 bits per heavy atom. The van der Waals surface area contributed by atoms with Gasteiger partial charge in [-0.3, -0.25) is 0 Å². The smallest absolute Gasteiger partial charge is 0.126 e. The van der Waals surface area contributed by atoms with E-state index in [1.807, 2.05) is 6.07 Å². The van der Waals surface area contributed by atoms with Crippen LogP contribution in [0.15, 0.2) is 18.2 Å². The average molecular weight is 232 g/mol. The summed E-state index contributed by atoms with van der Waals surface area (Å²) >= 11 is 0. The largest absolute Gasteiger partial charge is 0.324 e. The first-order valence-electron chi connectivity index (χ1n) is 5.17. The van der Waals surface area contributed by atoms with Crippen LogP contribution in [0.4, 0.5) is 4.39 Å². The Balaban J connectivity index is 0.00000196. The molecule has 0 spiro atoms. The Morgan fingerprint density at radius 2 is 2.07 bits per heavy atom. The minimum Gasteiger partial charge on any atom is -0.324 e. The molecule has 1 rings (SSSR count). The highest BCUT2D eigenvalue weighted by Crippen LogP contribution is 2.21. The first-order valence-corrected chi connectivity index (χ1v) is 5.17. The molecule has 1 aromatic rings. The lowest BCUT2D eigenvalue weighted by Crippen LogP contribution is -2.12. The van der Waals surface area contributed by atoms with E-state index in [-0.39, 0.29) is 24.3 Å². The molecular weight excluding hydrogens is 213 g/mol. The molecule has 0 unspecified atom stereocenters. The summed E-state index contributed by atoms with van der Waals surface area (Å²) in [7, 11) is 0. The predicted molar refractivity (Wildman–Crippen MR) is 64.8 cm³/mol. The molecule has 3 heteroatoms. The summed E-state index contributed by atoms with van der Waals surface area (Å²) in [5.41, 5.74) is 7.62. The van der Waals surface area contributed by atoms with E-state index < -0.39 is 0 Å². The second-order valence-corrected chi connectivity index (χ2v) is 3.70. The topological polar surface area (TPSA) is 26.0 Å². The van der Waals surface area contributed by atoms with Crippen LogP contribution in [0.3, 0.4) is 0 Å². The van der Waals surface area contributed by atoms with Crippen LogP contribution in [0.5, 0.6) is 0 Å². The lowest BCUT2D eigenvalue weighted by atomic mass is 9.97. The number of halogens is 2. The van der Waals surface area contributed by atoms with Crippen molar-refractivity contribution in [2.45, 2.75) is 39.2 Å². The van der Waals surface area contributed by atoms with Gasteiger partial charge in [0, 0.05) is 6.04 Å². The molecule has 0 heterocycles. The third-order valence-electron chi connectivity index (χ3n) is 2.58. The van der Waals surface area contributed by atoms with Crippen molar-refractivity contribution in [3.63, 3.8) is 0 Å². The normalized spacial score (nSPS) is 12.0. The molecule has 15 heavy (non-hydrogen) atoms. The molecule has 0 saturated carbocycles. The Bertz CT molecular complexity index is 302. The van der Waals surface area contributed by atoms with Gasteiger partial charge in [-0.1, -0.05) is 31.9 Å². The van der Waals surface area contributed by atoms with Crippen LogP contribution < -0.4 is 5.73 Å². The van der Waals surface area contributed by atoms with Crippen molar-refractivity contribution in [1.82, 2.24) is 0 Å². The molecule has 0 aliphatic rings. The monoisotopic (exact) mass is 231 g/mol. The Labute approximate surface area is 97.3 Å². The van der Waals surface area contributed by atoms with Gasteiger partial charge >= 0.3 is 0 Å². The maximum absolute atomic E-state index is 13.2. The van der Waals surface area contributed by atoms with Crippen LogP contribution in [0.2, 0.25) is 0 Å². The van der Waals surface area contributed by atoms with Crippen molar-refractivity contribution in [2.75, 3.05) is 0 Å². The van der Waals surface area contributed by atoms with Crippen LogP contribution in [-0.2, 0) is 0 Å². The van der Waals surface area contributed by atoms with E-state index in [1.54, 1.807) is 13.0 Å². The number of hydrogen-bond acceptors (Lipinski definition) is 1. The first kappa shape index (κ1) is 14.4. The molecule has 1 nitrogen and oxygen atoms in total. The second kappa shape index (κ2) is 6.81. The predicted octanol–water partition coefficient (Wildman–Crippen LogP) is 3.75. The number of unbranched alkanes of at least 4 members (excludes halogenated alkanes) is 1. The van der Waals surface area contributed by atoms with Gasteiger partial charge in [-0.25, -0.2) is 4.39 Å². The molecule has 1 aromatic carbocycles. The first-order chi connectivity index (χ1) is 6.66. The van der Waals surface area contributed by atoms with E-state index in [2.05, 4.69) is 6.92 Å². The van der Waals surface area contributed by atoms with E-state index >= 15 is 0 Å². The standard InChI is InChI=1S/C12H18FN.ClH/c1-3-4-8-12(14)10-6-5-7-11(13)9(10)2;/h5-7,12H,3-4,8,14H2,1-2H3;1H/t12-;/m0./s1. The van der Waals surface area contributed by atoms with Gasteiger partial charge in [0.15, 0.2) is 0 Å². The number of benzene rings is 1. The fourth-order valence-corrected chi connectivity index (χ4v) is 1.61. The van der Waals surface area contributed by atoms with Crippen LogP contribution in [0, 0.1) is 12.7 Å². The van der Waals surface area contributed by atoms with Crippen molar-refractivity contribution in [2.24, 2.45) is 5.73 Å². The third kappa shape index (κ3) is 3.80. The molecule has 0 radical (unpaired) electrons. The van der Waals surface area contributed by atoms with Crippen molar-refractivity contribution in [1.29, 1.82) is 0 Å². The zero-order valence-corrected chi connectivity index (χ0v) is 10.1. The van der Waals surface area contributed by atoms with Gasteiger partial charge in [0.2, 0.25) is 0 Å². The SMILES string of the molecule is CCCC[C@H](N)c1cccc(F)c1C.Cl. The number of rotatable bonds is 4. The van der Waals surface area contributed by atoms with Crippen LogP contribution in [-0.4, -0.2) is 0 Å². The summed E-state index contributed by atoms with van der Waals surface area (Å²) in [6.45, 7) is 3.92. The van der Waals surface area contributed by atoms with Crippen molar-refractivity contribution in [3.8, 4) is 0 Å². The van der Waals surface area contributed by atoms with E-state index in [9.17, 15) is 4.39 Å². The summed E-state index contributed by atoms with van der Waals surface area (Å²) < 4.78 is 13.2. The summed E-state index contributed by atoms with van der Waals surface area (Å²) in [5.74, 6) is -0.158. The quantitative estimate of drug-likeness (QED) is 0.839. The van der Waals surface area contributed by atoms with Gasteiger partial charge in [0.1, 0.15) is 5.82 Å². The van der Waals surface area contributed by atoms with Gasteiger partial charge < -0.3 is 5.73 Å². The maximum Gasteiger partial charge on any atom is 0.126 e. The van der Waals surface area contributed by atoms with Crippen LogP contribution >= 0.6 is 12.4 Å². The maximum atomic E-state index is 13.2. The van der Waals surface area contributed by atoms with Crippen molar-refractivity contribution in [3.05, 3.63) is 35.1 Å². The Morgan fingerprint density at radius 3 is 2.67 bits per heavy atom. The van der Waals surface area contributed by atoms with Gasteiger partial charge in [0.25, 0.3) is 0 Å². The fraction of sp³-hybridized carbons (Fsp3) is 0.500. The molecule has 0 amide bonds. The number of hydrogen-bond donors (Lipinski definition) is 1. The molecule has 0 aliphatic heterocycles. The van der Waals surface area contributed by atoms with E-state index in [0.717, 1.165) is 24.8 Å². The molecule has 0 fully saturated rings. The minimum atomic E-state index is -0.158. The summed E-state index contributed by atoms with van der Waals surface area (Å²) in [6, 6.07) is 5.10. The molecule has 2 N–H and O–H groups in total. The molecule has 0 bridgehead atoms. The van der Waals surface area contributed by atoms with Gasteiger partial charge in [-0.2, -0.15) is 0 Å². The summed E-state index contributed by atoms with van der Waals surface area (Å²) in [6.07, 6.45) is 3.15. The van der Waals surface area contributed by atoms with Crippen molar-refractivity contribution >= 4 is 12.4 Å². The molecule has 0 aliphatic carbocycles. The van der Waals surface area contributed by atoms with E-state index in [4.69, 9.17) is 5.73 Å². The number of nitrogens with two attached hydrogens (primary N) is 1. The van der Waals surface area contributed by atoms with E-state index in [0.29, 0.717) is 5.56 Å². The highest BCUT2D eigenvalue weighted by atomic mass is 35.5. The average Bonchev–Trinajstić information content (AvgIpc) is 2.18. The summed E-state index contributed by atoms with van der Waals surface area (Å²) in [5, 5.41) is 0. The zero-order chi connectivity index (χ0) is 10.6. The Kier molecular flexibility index (Phi) is 6.53. The Hall–Kier alpha value is -0.600. The molecule has 86 valence electrons. The van der Waals surface area contributed by atoms with Gasteiger partial charge in [-0.15, -0.1) is 12.4 Å². The second-order valence-electron chi connectivity index (χ2n) is 3.70. The minimum absolute atomic E-state index is 0. The highest BCUT2D eigenvalue weighted by Gasteiger charge is 2.10. The van der Waals surface area contributed by atoms with Crippen LogP contribution in [0.25, 0.3) is 0 Å². The molecular formula is C12H19ClFN. The van der Waals surface area contributed by atoms with E-state index in [1.165, 1.54) is 6.07 Å².